The standard InChI is InChI=1S/C27H25N3O5/c1-3-4-9-26(31)29(24-15-14-21(27(32)35-2)16-25(24)30(33)34)18-19-10-12-20(13-11-19)23-8-6-5-7-22(23)17-28/h5-8,10-16H,3-4,9,18H2,1-2H3. The first kappa shape index (κ1) is 25.1. The molecular formula is C27H25N3O5. The van der Waals surface area contributed by atoms with Crippen LogP contribution in [0.2, 0.25) is 0 Å². The normalized spacial score (nSPS) is 10.3. The van der Waals surface area contributed by atoms with Crippen LogP contribution in [0.25, 0.3) is 11.1 Å². The average molecular weight is 472 g/mol. The summed E-state index contributed by atoms with van der Waals surface area (Å²) in [5.74, 6) is -0.948. The number of nitro benzene ring substituents is 1. The van der Waals surface area contributed by atoms with Crippen molar-refractivity contribution in [3.8, 4) is 17.2 Å². The maximum atomic E-state index is 13.1. The molecule has 0 radical (unpaired) electrons. The minimum Gasteiger partial charge on any atom is -0.465 e. The van der Waals surface area contributed by atoms with E-state index in [1.807, 2.05) is 43.3 Å². The number of hydrogen-bond acceptors (Lipinski definition) is 6. The molecule has 0 N–H and O–H groups in total. The third-order valence-electron chi connectivity index (χ3n) is 5.58. The number of carbonyl (C=O) groups is 2. The molecular weight excluding hydrogens is 446 g/mol. The fraction of sp³-hybridized carbons (Fsp3) is 0.222. The van der Waals surface area contributed by atoms with Crippen LogP contribution in [0.3, 0.4) is 0 Å². The van der Waals surface area contributed by atoms with Crippen LogP contribution >= 0.6 is 0 Å². The van der Waals surface area contributed by atoms with Crippen molar-refractivity contribution in [1.29, 1.82) is 5.26 Å². The monoisotopic (exact) mass is 471 g/mol. The third kappa shape index (κ3) is 5.89. The lowest BCUT2D eigenvalue weighted by atomic mass is 9.99. The molecule has 3 aromatic carbocycles. The van der Waals surface area contributed by atoms with Crippen LogP contribution in [0.15, 0.2) is 66.7 Å². The molecule has 0 aliphatic heterocycles. The van der Waals surface area contributed by atoms with E-state index in [9.17, 15) is 25.0 Å². The van der Waals surface area contributed by atoms with Crippen LogP contribution < -0.4 is 4.90 Å². The van der Waals surface area contributed by atoms with Gasteiger partial charge in [0.2, 0.25) is 5.91 Å². The van der Waals surface area contributed by atoms with Crippen LogP contribution in [0.1, 0.15) is 47.7 Å². The van der Waals surface area contributed by atoms with E-state index >= 15 is 0 Å². The first-order valence-electron chi connectivity index (χ1n) is 11.1. The number of ether oxygens (including phenoxy) is 1. The van der Waals surface area contributed by atoms with Gasteiger partial charge >= 0.3 is 5.97 Å². The number of carbonyl (C=O) groups excluding carboxylic acids is 2. The zero-order valence-corrected chi connectivity index (χ0v) is 19.6. The van der Waals surface area contributed by atoms with Crippen molar-refractivity contribution >= 4 is 23.3 Å². The van der Waals surface area contributed by atoms with E-state index < -0.39 is 10.9 Å². The Morgan fingerprint density at radius 1 is 1.09 bits per heavy atom. The Kier molecular flexibility index (Phi) is 8.30. The third-order valence-corrected chi connectivity index (χ3v) is 5.58. The number of hydrogen-bond donors (Lipinski definition) is 0. The zero-order chi connectivity index (χ0) is 25.4. The number of unbranched alkanes of at least 4 members (excludes halogenated alkanes) is 1. The summed E-state index contributed by atoms with van der Waals surface area (Å²) in [6, 6.07) is 20.8. The molecule has 0 aromatic heterocycles. The van der Waals surface area contributed by atoms with Crippen LogP contribution in [0, 0.1) is 21.4 Å². The van der Waals surface area contributed by atoms with E-state index in [4.69, 9.17) is 0 Å². The summed E-state index contributed by atoms with van der Waals surface area (Å²) in [6.07, 6.45) is 1.68. The predicted octanol–water partition coefficient (Wildman–Crippen LogP) is 5.64. The second-order valence-electron chi connectivity index (χ2n) is 7.89. The van der Waals surface area contributed by atoms with E-state index in [1.165, 1.54) is 24.1 Å². The minimum atomic E-state index is -0.697. The highest BCUT2D eigenvalue weighted by Crippen LogP contribution is 2.32. The smallest absolute Gasteiger partial charge is 0.338 e. The molecule has 0 unspecified atom stereocenters. The Balaban J connectivity index is 1.98. The largest absolute Gasteiger partial charge is 0.465 e. The van der Waals surface area contributed by atoms with Gasteiger partial charge in [0.05, 0.1) is 35.8 Å². The quantitative estimate of drug-likeness (QED) is 0.227. The van der Waals surface area contributed by atoms with Crippen molar-refractivity contribution < 1.29 is 19.2 Å². The SMILES string of the molecule is CCCCC(=O)N(Cc1ccc(-c2ccccc2C#N)cc1)c1ccc(C(=O)OC)cc1[N+](=O)[O-]. The number of amides is 1. The highest BCUT2D eigenvalue weighted by molar-refractivity contribution is 5.97. The van der Waals surface area contributed by atoms with Gasteiger partial charge in [-0.05, 0) is 41.3 Å². The van der Waals surface area contributed by atoms with Crippen molar-refractivity contribution in [3.05, 3.63) is 93.5 Å². The van der Waals surface area contributed by atoms with Gasteiger partial charge in [0.1, 0.15) is 5.69 Å². The van der Waals surface area contributed by atoms with Crippen molar-refractivity contribution in [3.63, 3.8) is 0 Å². The maximum Gasteiger partial charge on any atom is 0.338 e. The summed E-state index contributed by atoms with van der Waals surface area (Å²) in [7, 11) is 1.20. The molecule has 0 saturated carbocycles. The summed E-state index contributed by atoms with van der Waals surface area (Å²) < 4.78 is 4.67. The molecule has 3 aromatic rings. The molecule has 0 spiro atoms. The number of rotatable bonds is 9. The van der Waals surface area contributed by atoms with Crippen LogP contribution in [0.5, 0.6) is 0 Å². The number of nitrogens with zero attached hydrogens (tertiary/aromatic N) is 3. The summed E-state index contributed by atoms with van der Waals surface area (Å²) in [6.45, 7) is 2.07. The number of nitriles is 1. The van der Waals surface area contributed by atoms with Gasteiger partial charge in [-0.15, -0.1) is 0 Å². The lowest BCUT2D eigenvalue weighted by molar-refractivity contribution is -0.384. The first-order chi connectivity index (χ1) is 16.9. The zero-order valence-electron chi connectivity index (χ0n) is 19.6. The molecule has 0 fully saturated rings. The Morgan fingerprint density at radius 3 is 2.43 bits per heavy atom. The van der Waals surface area contributed by atoms with Crippen molar-refractivity contribution in [2.24, 2.45) is 0 Å². The molecule has 8 heteroatoms. The molecule has 178 valence electrons. The van der Waals surface area contributed by atoms with Gasteiger partial charge in [0.15, 0.2) is 0 Å². The maximum absolute atomic E-state index is 13.1. The summed E-state index contributed by atoms with van der Waals surface area (Å²) in [4.78, 5) is 37.6. The van der Waals surface area contributed by atoms with Crippen molar-refractivity contribution in [1.82, 2.24) is 0 Å². The van der Waals surface area contributed by atoms with Crippen LogP contribution in [-0.4, -0.2) is 23.9 Å². The predicted molar refractivity (Wildman–Crippen MR) is 132 cm³/mol. The fourth-order valence-electron chi connectivity index (χ4n) is 3.72. The number of nitro groups is 1. The Bertz CT molecular complexity index is 1280. The van der Waals surface area contributed by atoms with Gasteiger partial charge < -0.3 is 9.64 Å². The van der Waals surface area contributed by atoms with Gasteiger partial charge in [-0.3, -0.25) is 14.9 Å². The summed E-state index contributed by atoms with van der Waals surface area (Å²) >= 11 is 0. The highest BCUT2D eigenvalue weighted by Gasteiger charge is 2.26. The average Bonchev–Trinajstić information content (AvgIpc) is 2.89. The molecule has 0 bridgehead atoms. The van der Waals surface area contributed by atoms with Crippen molar-refractivity contribution in [2.45, 2.75) is 32.7 Å². The molecule has 3 rings (SSSR count). The second kappa shape index (κ2) is 11.6. The fourth-order valence-corrected chi connectivity index (χ4v) is 3.72. The molecule has 0 aliphatic rings. The van der Waals surface area contributed by atoms with Gasteiger partial charge in [0, 0.05) is 12.5 Å². The molecule has 1 amide bonds. The van der Waals surface area contributed by atoms with Gasteiger partial charge in [-0.25, -0.2) is 4.79 Å². The Morgan fingerprint density at radius 2 is 1.80 bits per heavy atom. The van der Waals surface area contributed by atoms with Crippen LogP contribution in [-0.2, 0) is 16.1 Å². The number of benzene rings is 3. The van der Waals surface area contributed by atoms with Gasteiger partial charge in [0.25, 0.3) is 5.69 Å². The molecule has 0 aliphatic carbocycles. The number of methoxy groups -OCH3 is 1. The Hall–Kier alpha value is -4.51. The van der Waals surface area contributed by atoms with Crippen molar-refractivity contribution in [2.75, 3.05) is 12.0 Å². The summed E-state index contributed by atoms with van der Waals surface area (Å²) in [5, 5.41) is 21.2. The number of anilines is 1. The van der Waals surface area contributed by atoms with Gasteiger partial charge in [-0.2, -0.15) is 5.26 Å². The summed E-state index contributed by atoms with van der Waals surface area (Å²) in [5.41, 5.74) is 2.76. The second-order valence-corrected chi connectivity index (χ2v) is 7.89. The van der Waals surface area contributed by atoms with E-state index in [1.54, 1.807) is 12.1 Å². The molecule has 0 atom stereocenters. The molecule has 0 heterocycles. The van der Waals surface area contributed by atoms with E-state index in [0.717, 1.165) is 29.2 Å². The highest BCUT2D eigenvalue weighted by atomic mass is 16.6. The number of esters is 1. The molecule has 35 heavy (non-hydrogen) atoms. The minimum absolute atomic E-state index is 0.0319. The molecule has 8 nitrogen and oxygen atoms in total. The van der Waals surface area contributed by atoms with Gasteiger partial charge in [-0.1, -0.05) is 55.8 Å². The topological polar surface area (TPSA) is 114 Å². The first-order valence-corrected chi connectivity index (χ1v) is 11.1. The van der Waals surface area contributed by atoms with E-state index in [2.05, 4.69) is 10.8 Å². The lowest BCUT2D eigenvalue weighted by Crippen LogP contribution is -2.31. The Labute approximate surface area is 203 Å². The molecule has 0 saturated heterocycles. The van der Waals surface area contributed by atoms with E-state index in [-0.39, 0.29) is 35.8 Å². The van der Waals surface area contributed by atoms with Crippen LogP contribution in [0.4, 0.5) is 11.4 Å². The lowest BCUT2D eigenvalue weighted by Gasteiger charge is -2.23. The van der Waals surface area contributed by atoms with E-state index in [0.29, 0.717) is 12.0 Å².